The van der Waals surface area contributed by atoms with Crippen LogP contribution in [0.2, 0.25) is 0 Å². The van der Waals surface area contributed by atoms with Crippen LogP contribution in [-0.4, -0.2) is 7.18 Å². The van der Waals surface area contributed by atoms with Gasteiger partial charge in [-0.2, -0.15) is 13.2 Å². The Hall–Kier alpha value is -1.13. The smallest absolute Gasteiger partial charge is 0.255 e. The van der Waals surface area contributed by atoms with Gasteiger partial charge in [0, 0.05) is 0 Å². The van der Waals surface area contributed by atoms with Crippen molar-refractivity contribution in [2.45, 2.75) is 32.9 Å². The van der Waals surface area contributed by atoms with Gasteiger partial charge in [0.2, 0.25) is 0 Å². The molecule has 0 aliphatic carbocycles. The number of rotatable bonds is 1. The first-order valence-electron chi connectivity index (χ1n) is 4.98. The molecule has 0 aliphatic rings. The van der Waals surface area contributed by atoms with E-state index in [9.17, 15) is 22.0 Å². The summed E-state index contributed by atoms with van der Waals surface area (Å²) < 4.78 is 60.2. The summed E-state index contributed by atoms with van der Waals surface area (Å²) in [6.45, 7) is 4.77. The Morgan fingerprint density at radius 2 is 1.53 bits per heavy atom. The maximum Gasteiger partial charge on any atom is 0.416 e. The molecule has 0 aromatic heterocycles. The van der Waals surface area contributed by atoms with Crippen LogP contribution in [0.4, 0.5) is 22.0 Å². The van der Waals surface area contributed by atoms with Crippen LogP contribution in [0.1, 0.15) is 36.5 Å². The van der Waals surface area contributed by atoms with E-state index in [4.69, 9.17) is 0 Å². The normalized spacial score (nSPS) is 11.2. The Balaban J connectivity index is 0.00000121. The minimum atomic E-state index is -4.49. The zero-order chi connectivity index (χ0) is 13.8. The Bertz CT molecular complexity index is 366. The summed E-state index contributed by atoms with van der Waals surface area (Å²) in [5, 5.41) is 0. The van der Waals surface area contributed by atoms with E-state index in [0.717, 1.165) is 0 Å². The lowest BCUT2D eigenvalue weighted by Gasteiger charge is -2.16. The molecule has 0 spiro atoms. The lowest BCUT2D eigenvalue weighted by Crippen LogP contribution is -2.11. The van der Waals surface area contributed by atoms with E-state index < -0.39 is 17.6 Å². The molecule has 5 heteroatoms. The second-order valence-electron chi connectivity index (χ2n) is 3.84. The Kier molecular flexibility index (Phi) is 5.58. The highest BCUT2D eigenvalue weighted by Gasteiger charge is 2.34. The molecule has 0 saturated carbocycles. The maximum absolute atomic E-state index is 13.1. The fraction of sp³-hybridized carbons (Fsp3) is 0.500. The van der Waals surface area contributed by atoms with Gasteiger partial charge < -0.3 is 0 Å². The molecule has 0 saturated heterocycles. The van der Waals surface area contributed by atoms with Gasteiger partial charge in [0.15, 0.2) is 0 Å². The van der Waals surface area contributed by atoms with Crippen LogP contribution in [0.15, 0.2) is 12.1 Å². The summed E-state index contributed by atoms with van der Waals surface area (Å²) in [6.07, 6.45) is -4.49. The summed E-state index contributed by atoms with van der Waals surface area (Å²) in [6, 6.07) is 1.84. The first-order chi connectivity index (χ1) is 7.73. The zero-order valence-corrected chi connectivity index (χ0v) is 10.1. The zero-order valence-electron chi connectivity index (χ0n) is 10.1. The Morgan fingerprint density at radius 3 is 1.88 bits per heavy atom. The first kappa shape index (κ1) is 15.9. The van der Waals surface area contributed by atoms with Crippen LogP contribution in [0.5, 0.6) is 0 Å². The van der Waals surface area contributed by atoms with Gasteiger partial charge in [0.05, 0.1) is 12.7 Å². The minimum absolute atomic E-state index is 0.140. The molecule has 0 bridgehead atoms. The fourth-order valence-electron chi connectivity index (χ4n) is 1.43. The Labute approximate surface area is 97.5 Å². The molecule has 0 atom stereocenters. The molecule has 1 aromatic rings. The molecular formula is C12H15F5. The molecule has 17 heavy (non-hydrogen) atoms. The summed E-state index contributed by atoms with van der Waals surface area (Å²) >= 11 is 0. The lowest BCUT2D eigenvalue weighted by molar-refractivity contribution is -0.138. The van der Waals surface area contributed by atoms with Crippen LogP contribution in [0, 0.1) is 12.7 Å². The van der Waals surface area contributed by atoms with Crippen molar-refractivity contribution in [1.29, 1.82) is 0 Å². The molecular weight excluding hydrogens is 239 g/mol. The van der Waals surface area contributed by atoms with E-state index in [1.165, 1.54) is 13.0 Å². The van der Waals surface area contributed by atoms with Crippen molar-refractivity contribution in [2.75, 3.05) is 7.18 Å². The quantitative estimate of drug-likeness (QED) is 0.628. The SMILES string of the molecule is CF.Cc1cc(C(C)C)c(C(F)(F)F)cc1F. The molecule has 0 fully saturated rings. The van der Waals surface area contributed by atoms with Crippen LogP contribution >= 0.6 is 0 Å². The number of alkyl halides is 4. The maximum atomic E-state index is 13.1. The number of aryl methyl sites for hydroxylation is 1. The van der Waals surface area contributed by atoms with Crippen molar-refractivity contribution in [3.63, 3.8) is 0 Å². The standard InChI is InChI=1S/C11H12F4.CH3F/c1-6(2)8-4-7(3)10(12)5-9(8)11(13,14)15;1-2/h4-6H,1-3H3;1H3. The number of hydrogen-bond donors (Lipinski definition) is 0. The largest absolute Gasteiger partial charge is 0.416 e. The number of halogens is 5. The molecule has 0 nitrogen and oxygen atoms in total. The topological polar surface area (TPSA) is 0 Å². The molecule has 0 unspecified atom stereocenters. The molecule has 0 N–H and O–H groups in total. The second kappa shape index (κ2) is 5.98. The van der Waals surface area contributed by atoms with Crippen molar-refractivity contribution in [3.05, 3.63) is 34.6 Å². The van der Waals surface area contributed by atoms with Crippen LogP contribution in [0.25, 0.3) is 0 Å². The van der Waals surface area contributed by atoms with Gasteiger partial charge in [-0.05, 0) is 30.0 Å². The van der Waals surface area contributed by atoms with Crippen molar-refractivity contribution in [1.82, 2.24) is 0 Å². The van der Waals surface area contributed by atoms with E-state index in [2.05, 4.69) is 0 Å². The highest BCUT2D eigenvalue weighted by atomic mass is 19.4. The van der Waals surface area contributed by atoms with Gasteiger partial charge in [-0.1, -0.05) is 19.9 Å². The first-order valence-corrected chi connectivity index (χ1v) is 4.98. The molecule has 1 aromatic carbocycles. The second-order valence-corrected chi connectivity index (χ2v) is 3.84. The predicted molar refractivity (Wildman–Crippen MR) is 57.3 cm³/mol. The van der Waals surface area contributed by atoms with Crippen molar-refractivity contribution in [3.8, 4) is 0 Å². The fourth-order valence-corrected chi connectivity index (χ4v) is 1.43. The van der Waals surface area contributed by atoms with Crippen molar-refractivity contribution in [2.24, 2.45) is 0 Å². The number of benzene rings is 1. The average molecular weight is 254 g/mol. The summed E-state index contributed by atoms with van der Waals surface area (Å²) in [4.78, 5) is 0. The van der Waals surface area contributed by atoms with Gasteiger partial charge in [-0.15, -0.1) is 0 Å². The molecule has 0 amide bonds. The van der Waals surface area contributed by atoms with Crippen LogP contribution in [-0.2, 0) is 6.18 Å². The van der Waals surface area contributed by atoms with Crippen LogP contribution < -0.4 is 0 Å². The highest BCUT2D eigenvalue weighted by molar-refractivity contribution is 5.36. The minimum Gasteiger partial charge on any atom is -0.255 e. The van der Waals surface area contributed by atoms with E-state index in [0.29, 0.717) is 13.2 Å². The summed E-state index contributed by atoms with van der Waals surface area (Å²) in [5.41, 5.74) is -0.492. The van der Waals surface area contributed by atoms with E-state index in [-0.39, 0.29) is 17.0 Å². The van der Waals surface area contributed by atoms with E-state index >= 15 is 0 Å². The van der Waals surface area contributed by atoms with Gasteiger partial charge in [-0.3, -0.25) is 4.39 Å². The third-order valence-corrected chi connectivity index (χ3v) is 2.26. The Morgan fingerprint density at radius 1 is 1.06 bits per heavy atom. The van der Waals surface area contributed by atoms with Crippen molar-refractivity contribution >= 4 is 0 Å². The third kappa shape index (κ3) is 3.98. The number of hydrogen-bond acceptors (Lipinski definition) is 0. The molecule has 0 heterocycles. The van der Waals surface area contributed by atoms with Gasteiger partial charge in [0.25, 0.3) is 0 Å². The third-order valence-electron chi connectivity index (χ3n) is 2.26. The molecule has 1 rings (SSSR count). The van der Waals surface area contributed by atoms with Gasteiger partial charge >= 0.3 is 6.18 Å². The van der Waals surface area contributed by atoms with E-state index in [1.54, 1.807) is 13.8 Å². The lowest BCUT2D eigenvalue weighted by atomic mass is 9.94. The van der Waals surface area contributed by atoms with Gasteiger partial charge in [-0.25, -0.2) is 4.39 Å². The molecule has 0 aliphatic heterocycles. The summed E-state index contributed by atoms with van der Waals surface area (Å²) in [5.74, 6) is -1.09. The molecule has 98 valence electrons. The summed E-state index contributed by atoms with van der Waals surface area (Å²) in [7, 11) is 0.500. The highest BCUT2D eigenvalue weighted by Crippen LogP contribution is 2.36. The average Bonchev–Trinajstić information content (AvgIpc) is 2.22. The van der Waals surface area contributed by atoms with E-state index in [1.807, 2.05) is 0 Å². The van der Waals surface area contributed by atoms with Crippen molar-refractivity contribution < 1.29 is 22.0 Å². The predicted octanol–water partition coefficient (Wildman–Crippen LogP) is 4.86. The van der Waals surface area contributed by atoms with Gasteiger partial charge in [0.1, 0.15) is 5.82 Å². The molecule has 0 radical (unpaired) electrons. The monoisotopic (exact) mass is 254 g/mol. The van der Waals surface area contributed by atoms with Crippen LogP contribution in [0.3, 0.4) is 0 Å².